The Balaban J connectivity index is 1.37. The molecular formula is C19H27N3O6. The molecule has 0 spiro atoms. The Morgan fingerprint density at radius 2 is 1.68 bits per heavy atom. The molecule has 28 heavy (non-hydrogen) atoms. The lowest BCUT2D eigenvalue weighted by Crippen LogP contribution is -2.41. The van der Waals surface area contributed by atoms with E-state index < -0.39 is 18.5 Å². The van der Waals surface area contributed by atoms with E-state index in [9.17, 15) is 24.0 Å². The standard InChI is InChI=1S/C19H27N3O6/c1-21(10-15(23)20-12-6-7-12)16(24)11-28-17(25)8-9-22-18(26)13-4-2-3-5-14(13)19(22)27/h12-14H,2-11H2,1H3,(H,20,23)/t13-,14-/m1/s1. The molecule has 0 radical (unpaired) electrons. The number of nitrogens with one attached hydrogen (secondary N) is 1. The number of likely N-dealkylation sites (tertiary alicyclic amines) is 1. The number of amides is 4. The fraction of sp³-hybridized carbons (Fsp3) is 0.737. The van der Waals surface area contributed by atoms with Crippen molar-refractivity contribution in [1.82, 2.24) is 15.1 Å². The van der Waals surface area contributed by atoms with Crippen molar-refractivity contribution in [2.75, 3.05) is 26.7 Å². The molecule has 3 fully saturated rings. The van der Waals surface area contributed by atoms with E-state index in [1.165, 1.54) is 11.9 Å². The molecule has 1 aliphatic heterocycles. The predicted octanol–water partition coefficient (Wildman–Crippen LogP) is -0.168. The monoisotopic (exact) mass is 393 g/mol. The molecule has 1 heterocycles. The van der Waals surface area contributed by atoms with Gasteiger partial charge in [-0.1, -0.05) is 12.8 Å². The van der Waals surface area contributed by atoms with Gasteiger partial charge in [0, 0.05) is 19.6 Å². The van der Waals surface area contributed by atoms with Crippen LogP contribution in [0, 0.1) is 11.8 Å². The molecule has 9 heteroatoms. The van der Waals surface area contributed by atoms with Gasteiger partial charge in [-0.05, 0) is 25.7 Å². The van der Waals surface area contributed by atoms with Crippen LogP contribution in [0.15, 0.2) is 0 Å². The van der Waals surface area contributed by atoms with Crippen molar-refractivity contribution in [3.05, 3.63) is 0 Å². The lowest BCUT2D eigenvalue weighted by molar-refractivity contribution is -0.152. The van der Waals surface area contributed by atoms with Crippen molar-refractivity contribution in [2.24, 2.45) is 11.8 Å². The van der Waals surface area contributed by atoms with Gasteiger partial charge in [-0.3, -0.25) is 28.9 Å². The van der Waals surface area contributed by atoms with E-state index in [0.29, 0.717) is 0 Å². The minimum Gasteiger partial charge on any atom is -0.456 e. The van der Waals surface area contributed by atoms with Crippen LogP contribution in [0.4, 0.5) is 0 Å². The molecule has 2 aliphatic carbocycles. The van der Waals surface area contributed by atoms with Crippen molar-refractivity contribution in [1.29, 1.82) is 0 Å². The van der Waals surface area contributed by atoms with E-state index >= 15 is 0 Å². The zero-order chi connectivity index (χ0) is 20.3. The number of hydrogen-bond donors (Lipinski definition) is 1. The van der Waals surface area contributed by atoms with Gasteiger partial charge in [-0.2, -0.15) is 0 Å². The molecule has 154 valence electrons. The van der Waals surface area contributed by atoms with E-state index in [-0.39, 0.29) is 55.1 Å². The normalized spacial score (nSPS) is 24.0. The number of carbonyl (C=O) groups excluding carboxylic acids is 5. The summed E-state index contributed by atoms with van der Waals surface area (Å²) in [5.41, 5.74) is 0. The Hall–Kier alpha value is -2.45. The fourth-order valence-corrected chi connectivity index (χ4v) is 3.78. The first-order valence-corrected chi connectivity index (χ1v) is 9.91. The van der Waals surface area contributed by atoms with Gasteiger partial charge in [0.25, 0.3) is 5.91 Å². The van der Waals surface area contributed by atoms with Gasteiger partial charge in [0.1, 0.15) is 0 Å². The average molecular weight is 393 g/mol. The number of esters is 1. The highest BCUT2D eigenvalue weighted by molar-refractivity contribution is 6.05. The summed E-state index contributed by atoms with van der Waals surface area (Å²) in [7, 11) is 1.46. The predicted molar refractivity (Wildman–Crippen MR) is 96.5 cm³/mol. The molecule has 0 aromatic heterocycles. The summed E-state index contributed by atoms with van der Waals surface area (Å²) in [6, 6.07) is 0.216. The molecule has 3 rings (SSSR count). The Morgan fingerprint density at radius 1 is 1.07 bits per heavy atom. The summed E-state index contributed by atoms with van der Waals surface area (Å²) in [6.45, 7) is -0.580. The highest BCUT2D eigenvalue weighted by Crippen LogP contribution is 2.37. The maximum Gasteiger partial charge on any atom is 0.308 e. The maximum absolute atomic E-state index is 12.4. The summed E-state index contributed by atoms with van der Waals surface area (Å²) in [6.07, 6.45) is 5.14. The molecule has 1 saturated heterocycles. The van der Waals surface area contributed by atoms with Crippen LogP contribution in [0.2, 0.25) is 0 Å². The fourth-order valence-electron chi connectivity index (χ4n) is 3.78. The van der Waals surface area contributed by atoms with E-state index in [2.05, 4.69) is 5.32 Å². The number of likely N-dealkylation sites (N-methyl/N-ethyl adjacent to an activating group) is 1. The van der Waals surface area contributed by atoms with Gasteiger partial charge in [-0.15, -0.1) is 0 Å². The molecule has 0 aromatic carbocycles. The molecule has 1 N–H and O–H groups in total. The lowest BCUT2D eigenvalue weighted by Gasteiger charge is -2.19. The van der Waals surface area contributed by atoms with Crippen LogP contribution < -0.4 is 5.32 Å². The second-order valence-electron chi connectivity index (χ2n) is 7.83. The quantitative estimate of drug-likeness (QED) is 0.453. The van der Waals surface area contributed by atoms with Crippen LogP contribution in [0.3, 0.4) is 0 Å². The third-order valence-corrected chi connectivity index (χ3v) is 5.58. The largest absolute Gasteiger partial charge is 0.456 e. The first-order valence-electron chi connectivity index (χ1n) is 9.91. The topological polar surface area (TPSA) is 113 Å². The maximum atomic E-state index is 12.4. The summed E-state index contributed by atoms with van der Waals surface area (Å²) < 4.78 is 4.94. The third-order valence-electron chi connectivity index (χ3n) is 5.58. The Bertz CT molecular complexity index is 651. The minimum atomic E-state index is -0.653. The Morgan fingerprint density at radius 3 is 2.25 bits per heavy atom. The van der Waals surface area contributed by atoms with Crippen molar-refractivity contribution >= 4 is 29.6 Å². The molecule has 2 saturated carbocycles. The molecule has 0 bridgehead atoms. The SMILES string of the molecule is CN(CC(=O)NC1CC1)C(=O)COC(=O)CCN1C(=O)[C@@H]2CCCC[C@H]2C1=O. The van der Waals surface area contributed by atoms with Crippen LogP contribution >= 0.6 is 0 Å². The van der Waals surface area contributed by atoms with Gasteiger partial charge < -0.3 is 15.0 Å². The van der Waals surface area contributed by atoms with E-state index in [1.807, 2.05) is 0 Å². The van der Waals surface area contributed by atoms with Crippen LogP contribution in [-0.2, 0) is 28.7 Å². The molecular weight excluding hydrogens is 366 g/mol. The molecule has 0 unspecified atom stereocenters. The van der Waals surface area contributed by atoms with Crippen molar-refractivity contribution in [3.63, 3.8) is 0 Å². The van der Waals surface area contributed by atoms with E-state index in [0.717, 1.165) is 43.4 Å². The molecule has 9 nitrogen and oxygen atoms in total. The van der Waals surface area contributed by atoms with Gasteiger partial charge in [0.05, 0.1) is 24.8 Å². The molecule has 2 atom stereocenters. The van der Waals surface area contributed by atoms with Crippen molar-refractivity contribution in [3.8, 4) is 0 Å². The number of ether oxygens (including phenoxy) is 1. The number of fused-ring (bicyclic) bond motifs is 1. The first kappa shape index (κ1) is 20.3. The van der Waals surface area contributed by atoms with Gasteiger partial charge in [-0.25, -0.2) is 0 Å². The number of hydrogen-bond acceptors (Lipinski definition) is 6. The minimum absolute atomic E-state index is 0.0165. The highest BCUT2D eigenvalue weighted by atomic mass is 16.5. The third kappa shape index (κ3) is 4.88. The number of carbonyl (C=O) groups is 5. The Kier molecular flexibility index (Phi) is 6.31. The number of nitrogens with zero attached hydrogens (tertiary/aromatic N) is 2. The second-order valence-corrected chi connectivity index (χ2v) is 7.83. The average Bonchev–Trinajstić information content (AvgIpc) is 3.45. The van der Waals surface area contributed by atoms with Gasteiger partial charge >= 0.3 is 5.97 Å². The van der Waals surface area contributed by atoms with E-state index in [4.69, 9.17) is 4.74 Å². The van der Waals surface area contributed by atoms with Crippen molar-refractivity contribution < 1.29 is 28.7 Å². The summed E-state index contributed by atoms with van der Waals surface area (Å²) in [5, 5.41) is 2.78. The smallest absolute Gasteiger partial charge is 0.308 e. The zero-order valence-electron chi connectivity index (χ0n) is 16.1. The molecule has 0 aromatic rings. The lowest BCUT2D eigenvalue weighted by atomic mass is 9.81. The van der Waals surface area contributed by atoms with Crippen LogP contribution in [-0.4, -0.2) is 72.2 Å². The van der Waals surface area contributed by atoms with Crippen LogP contribution in [0.25, 0.3) is 0 Å². The number of rotatable bonds is 8. The molecule has 4 amide bonds. The first-order chi connectivity index (χ1) is 13.4. The van der Waals surface area contributed by atoms with Crippen molar-refractivity contribution in [2.45, 2.75) is 51.0 Å². The second kappa shape index (κ2) is 8.70. The summed E-state index contributed by atoms with van der Waals surface area (Å²) >= 11 is 0. The Labute approximate surface area is 163 Å². The highest BCUT2D eigenvalue weighted by Gasteiger charge is 2.47. The summed E-state index contributed by atoms with van der Waals surface area (Å²) in [4.78, 5) is 62.6. The van der Waals surface area contributed by atoms with Gasteiger partial charge in [0.2, 0.25) is 17.7 Å². The van der Waals surface area contributed by atoms with Crippen LogP contribution in [0.1, 0.15) is 44.9 Å². The molecule has 3 aliphatic rings. The van der Waals surface area contributed by atoms with Gasteiger partial charge in [0.15, 0.2) is 6.61 Å². The number of imide groups is 1. The summed E-state index contributed by atoms with van der Waals surface area (Å²) in [5.74, 6) is -2.25. The van der Waals surface area contributed by atoms with Crippen LogP contribution in [0.5, 0.6) is 0 Å². The zero-order valence-corrected chi connectivity index (χ0v) is 16.1. The van der Waals surface area contributed by atoms with E-state index in [1.54, 1.807) is 0 Å².